The van der Waals surface area contributed by atoms with Gasteiger partial charge in [0.05, 0.1) is 22.8 Å². The van der Waals surface area contributed by atoms with Crippen molar-refractivity contribution in [1.29, 1.82) is 0 Å². The Labute approximate surface area is 614 Å². The Bertz CT molecular complexity index is 6160. The minimum Gasteiger partial charge on any atom is -0.268 e. The van der Waals surface area contributed by atoms with Crippen molar-refractivity contribution in [2.24, 2.45) is 0 Å². The van der Waals surface area contributed by atoms with Gasteiger partial charge in [-0.15, -0.1) is 0 Å². The summed E-state index contributed by atoms with van der Waals surface area (Å²) in [7, 11) is 0. The molecule has 6 heterocycles. The number of imide groups is 3. The summed E-state index contributed by atoms with van der Waals surface area (Å²) in [6.07, 6.45) is 9.01. The molecule has 3 aliphatic rings. The van der Waals surface area contributed by atoms with Gasteiger partial charge < -0.3 is 0 Å². The molecule has 0 saturated heterocycles. The van der Waals surface area contributed by atoms with Crippen LogP contribution in [0.3, 0.4) is 0 Å². The molecule has 0 bridgehead atoms. The van der Waals surface area contributed by atoms with E-state index in [4.69, 9.17) is 0 Å². The van der Waals surface area contributed by atoms with Crippen LogP contribution in [-0.4, -0.2) is 50.4 Å². The van der Waals surface area contributed by atoms with Crippen LogP contribution in [-0.2, 0) is 0 Å². The third kappa shape index (κ3) is 11.1. The molecule has 0 aliphatic carbocycles. The average molecular weight is 1380 g/mol. The van der Waals surface area contributed by atoms with Gasteiger partial charge in [-0.2, -0.15) is 0 Å². The number of benzene rings is 14. The van der Waals surface area contributed by atoms with Crippen molar-refractivity contribution in [2.45, 2.75) is 0 Å². The zero-order valence-corrected chi connectivity index (χ0v) is 57.1. The Morgan fingerprint density at radius 2 is 0.505 bits per heavy atom. The van der Waals surface area contributed by atoms with Gasteiger partial charge in [0.2, 0.25) is 0 Å². The molecule has 0 saturated carbocycles. The van der Waals surface area contributed by atoms with Gasteiger partial charge in [-0.1, -0.05) is 218 Å². The number of rotatable bonds is 9. The summed E-state index contributed by atoms with van der Waals surface area (Å²) in [5.41, 5.74) is 17.4. The first kappa shape index (κ1) is 64.4. The number of hydrogen-bond donors (Lipinski definition) is 0. The molecule has 107 heavy (non-hydrogen) atoms. The molecule has 3 aromatic heterocycles. The maximum Gasteiger partial charge on any atom is 0.265 e. The lowest BCUT2D eigenvalue weighted by atomic mass is 9.86. The molecule has 0 unspecified atom stereocenters. The summed E-state index contributed by atoms with van der Waals surface area (Å²) in [6.45, 7) is 0. The largest absolute Gasteiger partial charge is 0.268 e. The molecule has 0 spiro atoms. The van der Waals surface area contributed by atoms with E-state index in [2.05, 4.69) is 93.8 Å². The summed E-state index contributed by atoms with van der Waals surface area (Å²) in [5.74, 6) is -1.81. The Morgan fingerprint density at radius 3 is 0.916 bits per heavy atom. The van der Waals surface area contributed by atoms with E-state index in [1.807, 2.05) is 206 Å². The third-order valence-corrected chi connectivity index (χ3v) is 20.3. The summed E-state index contributed by atoms with van der Waals surface area (Å²) in [4.78, 5) is 97.8. The number of amides is 6. The van der Waals surface area contributed by atoms with Crippen LogP contribution in [0, 0.1) is 0 Å². The summed E-state index contributed by atoms with van der Waals surface area (Å²) in [6, 6.07) is 103. The van der Waals surface area contributed by atoms with Crippen LogP contribution < -0.4 is 14.7 Å². The molecule has 17 aromatic rings. The van der Waals surface area contributed by atoms with Gasteiger partial charge in [0, 0.05) is 91.7 Å². The lowest BCUT2D eigenvalue weighted by Crippen LogP contribution is -2.40. The van der Waals surface area contributed by atoms with E-state index in [9.17, 15) is 28.8 Å². The van der Waals surface area contributed by atoms with Gasteiger partial charge >= 0.3 is 0 Å². The van der Waals surface area contributed by atoms with Gasteiger partial charge in [-0.3, -0.25) is 43.7 Å². The van der Waals surface area contributed by atoms with Crippen molar-refractivity contribution in [3.63, 3.8) is 0 Å². The first-order chi connectivity index (χ1) is 52.7. The van der Waals surface area contributed by atoms with Gasteiger partial charge in [0.1, 0.15) is 0 Å². The van der Waals surface area contributed by atoms with Crippen molar-refractivity contribution < 1.29 is 28.8 Å². The number of aromatic nitrogens is 3. The molecule has 0 radical (unpaired) electrons. The van der Waals surface area contributed by atoms with Crippen LogP contribution in [0.15, 0.2) is 353 Å². The lowest BCUT2D eigenvalue weighted by molar-refractivity contribution is 0.0877. The van der Waals surface area contributed by atoms with Crippen LogP contribution >= 0.6 is 0 Å². The van der Waals surface area contributed by atoms with Gasteiger partial charge in [0.25, 0.3) is 35.4 Å². The number of nitrogens with zero attached hydrogens (tertiary/aromatic N) is 6. The van der Waals surface area contributed by atoms with Crippen LogP contribution in [0.2, 0.25) is 0 Å². The second kappa shape index (κ2) is 26.9. The molecule has 20 rings (SSSR count). The van der Waals surface area contributed by atoms with Gasteiger partial charge in [-0.05, 0) is 191 Å². The molecular weight excluding hydrogens is 1320 g/mol. The standard InChI is InChI=1S/2C33H20N2O2.C29H18N2O2/c36-32-29-14-6-13-28-27(17-18-30(31(28)29)33(37)35(32)22-9-2-1-3-10-22)26-16-15-23(21-8-7-19-34-20-21)24-11-4-5-12-25(24)26;36-32-28-14-8-13-27-25(17-19-29(31(27)28)33(37)35(32)21-9-2-1-3-10-21)24-16-18-26(30-15-6-7-20-34-30)23-12-5-4-11-22(23)24;32-28-25-8-4-7-24-23(21-11-9-19(10-12-21)20-15-17-30-18-16-20)13-14-26(27(24)25)29(33)31(28)22-5-2-1-3-6-22/h2*1-20H;1-18H. The highest BCUT2D eigenvalue weighted by Crippen LogP contribution is 2.46. The van der Waals surface area contributed by atoms with Crippen molar-refractivity contribution >= 4 is 106 Å². The molecule has 6 amide bonds. The van der Waals surface area contributed by atoms with Crippen LogP contribution in [0.4, 0.5) is 17.1 Å². The van der Waals surface area contributed by atoms with Gasteiger partial charge in [0.15, 0.2) is 0 Å². The molecule has 12 nitrogen and oxygen atoms in total. The summed E-state index contributed by atoms with van der Waals surface area (Å²) in [5, 5.41) is 9.23. The maximum absolute atomic E-state index is 13.6. The topological polar surface area (TPSA) is 151 Å². The smallest absolute Gasteiger partial charge is 0.265 e. The number of anilines is 3. The first-order valence-corrected chi connectivity index (χ1v) is 35.0. The molecule has 3 aliphatic heterocycles. The van der Waals surface area contributed by atoms with E-state index in [1.165, 1.54) is 14.7 Å². The number of para-hydroxylation sites is 3. The van der Waals surface area contributed by atoms with E-state index in [-0.39, 0.29) is 35.4 Å². The Balaban J connectivity index is 0.000000114. The zero-order valence-electron chi connectivity index (χ0n) is 57.1. The number of carbonyl (C=O) groups is 6. The fraction of sp³-hybridized carbons (Fsp3) is 0. The zero-order chi connectivity index (χ0) is 72.2. The quantitative estimate of drug-likeness (QED) is 0.129. The lowest BCUT2D eigenvalue weighted by Gasteiger charge is -2.28. The van der Waals surface area contributed by atoms with E-state index < -0.39 is 0 Å². The monoisotopic (exact) mass is 1380 g/mol. The van der Waals surface area contributed by atoms with E-state index in [1.54, 1.807) is 67.3 Å². The normalized spacial score (nSPS) is 12.9. The molecule has 0 fully saturated rings. The van der Waals surface area contributed by atoms with Crippen LogP contribution in [0.25, 0.3) is 121 Å². The highest BCUT2D eigenvalue weighted by atomic mass is 16.2. The SMILES string of the molecule is O=C1c2cccc3c(-c4ccc(-c5ccccn5)c5ccccc45)ccc(c23)C(=O)N1c1ccccc1.O=C1c2cccc3c(-c4ccc(-c5cccnc5)c5ccccc45)ccc(c23)C(=O)N1c1ccccc1.O=C1c2cccc3c(-c4ccc(-c5ccncc5)cc4)ccc(c23)C(=O)N1c1ccccc1. The van der Waals surface area contributed by atoms with Gasteiger partial charge in [-0.25, -0.2) is 14.7 Å². The first-order valence-electron chi connectivity index (χ1n) is 35.0. The molecule has 14 aromatic carbocycles. The molecule has 0 N–H and O–H groups in total. The maximum atomic E-state index is 13.6. The Hall–Kier alpha value is -14.8. The van der Waals surface area contributed by atoms with Crippen molar-refractivity contribution in [3.05, 3.63) is 386 Å². The molecule has 0 atom stereocenters. The second-order valence-electron chi connectivity index (χ2n) is 26.2. The Kier molecular flexibility index (Phi) is 16.2. The second-order valence-corrected chi connectivity index (χ2v) is 26.2. The number of pyridine rings is 3. The van der Waals surface area contributed by atoms with Crippen molar-refractivity contribution in [2.75, 3.05) is 14.7 Å². The summed E-state index contributed by atoms with van der Waals surface area (Å²) >= 11 is 0. The minimum absolute atomic E-state index is 0.297. The number of carbonyl (C=O) groups excluding carboxylic acids is 6. The minimum atomic E-state index is -0.304. The van der Waals surface area contributed by atoms with E-state index >= 15 is 0 Å². The third-order valence-electron chi connectivity index (χ3n) is 20.3. The Morgan fingerprint density at radius 1 is 0.187 bits per heavy atom. The fourth-order valence-corrected chi connectivity index (χ4v) is 15.4. The fourth-order valence-electron chi connectivity index (χ4n) is 15.4. The van der Waals surface area contributed by atoms with Crippen LogP contribution in [0.5, 0.6) is 0 Å². The number of hydrogen-bond acceptors (Lipinski definition) is 9. The predicted molar refractivity (Wildman–Crippen MR) is 426 cm³/mol. The molecule has 12 heteroatoms. The van der Waals surface area contributed by atoms with Crippen LogP contribution in [0.1, 0.15) is 62.1 Å². The van der Waals surface area contributed by atoms with E-state index in [0.29, 0.717) is 61.2 Å². The van der Waals surface area contributed by atoms with E-state index in [0.717, 1.165) is 110 Å². The highest BCUT2D eigenvalue weighted by molar-refractivity contribution is 6.39. The average Bonchev–Trinajstić information content (AvgIpc) is 0.738. The molecular formula is C95H58N6O6. The number of fused-ring (bicyclic) bond motifs is 2. The predicted octanol–water partition coefficient (Wildman–Crippen LogP) is 21.4. The molecule has 504 valence electrons. The summed E-state index contributed by atoms with van der Waals surface area (Å²) < 4.78 is 0. The van der Waals surface area contributed by atoms with Crippen molar-refractivity contribution in [3.8, 4) is 66.9 Å². The van der Waals surface area contributed by atoms with Crippen molar-refractivity contribution in [1.82, 2.24) is 15.0 Å². The highest BCUT2D eigenvalue weighted by Gasteiger charge is 2.38.